The van der Waals surface area contributed by atoms with Crippen LogP contribution in [0.4, 0.5) is 0 Å². The maximum atomic E-state index is 9.28. The topological polar surface area (TPSA) is 32.6 Å². The van der Waals surface area contributed by atoms with Gasteiger partial charge in [0, 0.05) is 6.42 Å². The summed E-state index contributed by atoms with van der Waals surface area (Å²) in [5.74, 6) is 0. The summed E-state index contributed by atoms with van der Waals surface area (Å²) >= 11 is 0. The van der Waals surface area contributed by atoms with E-state index >= 15 is 0 Å². The molecule has 0 aromatic carbocycles. The van der Waals surface area contributed by atoms with Crippen LogP contribution in [0.2, 0.25) is 0 Å². The van der Waals surface area contributed by atoms with E-state index < -0.39 is 0 Å². The molecule has 1 aliphatic rings. The average molecular weight is 295 g/mol. The highest BCUT2D eigenvalue weighted by Gasteiger charge is 2.36. The van der Waals surface area contributed by atoms with E-state index in [4.69, 9.17) is 0 Å². The first-order valence-electron chi connectivity index (χ1n) is 8.92. The summed E-state index contributed by atoms with van der Waals surface area (Å²) in [7, 11) is 0. The van der Waals surface area contributed by atoms with Crippen LogP contribution in [-0.2, 0) is 0 Å². The molecule has 122 valence electrons. The van der Waals surface area contributed by atoms with Crippen molar-refractivity contribution in [1.82, 2.24) is 0 Å². The van der Waals surface area contributed by atoms with E-state index in [1.54, 1.807) is 0 Å². The van der Waals surface area contributed by atoms with Crippen molar-refractivity contribution in [2.24, 2.45) is 4.99 Å². The molecule has 2 unspecified atom stereocenters. The molecule has 0 saturated carbocycles. The minimum Gasteiger partial charge on any atom is -0.391 e. The van der Waals surface area contributed by atoms with E-state index in [-0.39, 0.29) is 6.61 Å². The molecule has 0 bridgehead atoms. The minimum absolute atomic E-state index is 0.259. The lowest BCUT2D eigenvalue weighted by molar-refractivity contribution is -0.935. The number of unbranched alkanes of at least 4 members (excludes halogenated alkanes) is 6. The van der Waals surface area contributed by atoms with Crippen LogP contribution in [0.5, 0.6) is 0 Å². The van der Waals surface area contributed by atoms with E-state index in [0.717, 1.165) is 30.5 Å². The van der Waals surface area contributed by atoms with Crippen molar-refractivity contribution < 1.29 is 9.59 Å². The van der Waals surface area contributed by atoms with Crippen molar-refractivity contribution in [2.75, 3.05) is 26.2 Å². The number of aliphatic hydroxyl groups is 1. The molecule has 3 heteroatoms. The predicted molar refractivity (Wildman–Crippen MR) is 91.7 cm³/mol. The fourth-order valence-corrected chi connectivity index (χ4v) is 3.19. The van der Waals surface area contributed by atoms with Gasteiger partial charge in [-0.15, -0.1) is 0 Å². The summed E-state index contributed by atoms with van der Waals surface area (Å²) in [5.41, 5.74) is 0. The van der Waals surface area contributed by atoms with E-state index in [1.165, 1.54) is 44.9 Å². The standard InChI is InChI=1S/C18H35N2O/c1-3-5-6-7-8-9-10-11-12-13-18-19-14-15-20(18,4-2)16-17-21/h11-12,14,18,21H,3-10,13,15-17H2,1-2H3/q+1/b12-11+. The van der Waals surface area contributed by atoms with E-state index in [9.17, 15) is 5.11 Å². The van der Waals surface area contributed by atoms with Gasteiger partial charge in [-0.25, -0.2) is 4.99 Å². The zero-order chi connectivity index (χ0) is 15.4. The number of hydrogen-bond acceptors (Lipinski definition) is 2. The van der Waals surface area contributed by atoms with Gasteiger partial charge < -0.3 is 5.11 Å². The molecule has 0 aliphatic carbocycles. The van der Waals surface area contributed by atoms with Gasteiger partial charge in [0.2, 0.25) is 0 Å². The Bertz CT molecular complexity index is 314. The van der Waals surface area contributed by atoms with Gasteiger partial charge in [0.1, 0.15) is 13.1 Å². The maximum absolute atomic E-state index is 9.28. The van der Waals surface area contributed by atoms with Gasteiger partial charge in [-0.05, 0) is 19.8 Å². The third kappa shape index (κ3) is 6.31. The van der Waals surface area contributed by atoms with Crippen LogP contribution >= 0.6 is 0 Å². The lowest BCUT2D eigenvalue weighted by Crippen LogP contribution is -2.53. The molecule has 1 N–H and O–H groups in total. The lowest BCUT2D eigenvalue weighted by atomic mass is 10.1. The molecule has 1 rings (SSSR count). The van der Waals surface area contributed by atoms with E-state index in [1.807, 2.05) is 6.21 Å². The minimum atomic E-state index is 0.259. The Kier molecular flexibility index (Phi) is 9.60. The zero-order valence-electron chi connectivity index (χ0n) is 14.1. The summed E-state index contributed by atoms with van der Waals surface area (Å²) in [6.45, 7) is 7.59. The van der Waals surface area contributed by atoms with Crippen LogP contribution < -0.4 is 0 Å². The molecule has 0 fully saturated rings. The molecule has 3 nitrogen and oxygen atoms in total. The monoisotopic (exact) mass is 295 g/mol. The highest BCUT2D eigenvalue weighted by atomic mass is 16.3. The number of aliphatic imine (C=N–C) groups is 1. The molecule has 0 spiro atoms. The van der Waals surface area contributed by atoms with Crippen molar-refractivity contribution in [3.8, 4) is 0 Å². The molecule has 0 aromatic rings. The SMILES string of the molecule is CCCCCCCC/C=C/CC1N=CC[N+]1(CC)CCO. The normalized spacial score (nSPS) is 25.2. The maximum Gasteiger partial charge on any atom is 0.186 e. The Morgan fingerprint density at radius 3 is 2.62 bits per heavy atom. The fourth-order valence-electron chi connectivity index (χ4n) is 3.19. The molecule has 0 aromatic heterocycles. The zero-order valence-corrected chi connectivity index (χ0v) is 14.1. The van der Waals surface area contributed by atoms with E-state index in [0.29, 0.717) is 6.17 Å². The number of quaternary nitrogens is 1. The molecule has 0 saturated heterocycles. The fraction of sp³-hybridized carbons (Fsp3) is 0.833. The van der Waals surface area contributed by atoms with Gasteiger partial charge in [0.05, 0.1) is 19.4 Å². The third-order valence-electron chi connectivity index (χ3n) is 4.77. The Morgan fingerprint density at radius 2 is 1.90 bits per heavy atom. The largest absolute Gasteiger partial charge is 0.391 e. The molecule has 21 heavy (non-hydrogen) atoms. The van der Waals surface area contributed by atoms with Crippen LogP contribution in [0.15, 0.2) is 17.1 Å². The molecule has 1 heterocycles. The average Bonchev–Trinajstić information content (AvgIpc) is 2.89. The summed E-state index contributed by atoms with van der Waals surface area (Å²) in [6, 6.07) is 0. The van der Waals surface area contributed by atoms with Crippen molar-refractivity contribution >= 4 is 6.21 Å². The number of allylic oxidation sites excluding steroid dienone is 1. The second-order valence-electron chi connectivity index (χ2n) is 6.24. The number of aliphatic hydroxyl groups excluding tert-OH is 1. The highest BCUT2D eigenvalue weighted by Crippen LogP contribution is 2.22. The van der Waals surface area contributed by atoms with Crippen LogP contribution in [-0.4, -0.2) is 48.2 Å². The molecule has 1 aliphatic heterocycles. The second-order valence-corrected chi connectivity index (χ2v) is 6.24. The second kappa shape index (κ2) is 11.0. The van der Waals surface area contributed by atoms with Crippen LogP contribution in [0.25, 0.3) is 0 Å². The van der Waals surface area contributed by atoms with Crippen LogP contribution in [0.3, 0.4) is 0 Å². The Morgan fingerprint density at radius 1 is 1.14 bits per heavy atom. The number of hydrogen-bond donors (Lipinski definition) is 1. The first-order valence-corrected chi connectivity index (χ1v) is 8.92. The van der Waals surface area contributed by atoms with Gasteiger partial charge in [0.25, 0.3) is 0 Å². The Hall–Kier alpha value is -0.670. The predicted octanol–water partition coefficient (Wildman–Crippen LogP) is 3.92. The van der Waals surface area contributed by atoms with E-state index in [2.05, 4.69) is 31.0 Å². The first kappa shape index (κ1) is 18.4. The van der Waals surface area contributed by atoms with Gasteiger partial charge in [-0.2, -0.15) is 0 Å². The highest BCUT2D eigenvalue weighted by molar-refractivity contribution is 5.60. The summed E-state index contributed by atoms with van der Waals surface area (Å²) in [4.78, 5) is 4.63. The lowest BCUT2D eigenvalue weighted by Gasteiger charge is -2.37. The molecule has 0 amide bonds. The van der Waals surface area contributed by atoms with Crippen molar-refractivity contribution in [3.05, 3.63) is 12.2 Å². The van der Waals surface area contributed by atoms with Gasteiger partial charge in [0.15, 0.2) is 6.17 Å². The number of rotatable bonds is 12. The first-order chi connectivity index (χ1) is 10.3. The molecular formula is C18H35N2O+. The summed E-state index contributed by atoms with van der Waals surface area (Å²) < 4.78 is 0.928. The van der Waals surface area contributed by atoms with Gasteiger partial charge >= 0.3 is 0 Å². The van der Waals surface area contributed by atoms with Crippen LogP contribution in [0, 0.1) is 0 Å². The third-order valence-corrected chi connectivity index (χ3v) is 4.77. The van der Waals surface area contributed by atoms with Gasteiger partial charge in [-0.1, -0.05) is 51.2 Å². The van der Waals surface area contributed by atoms with Gasteiger partial charge in [-0.3, -0.25) is 4.48 Å². The van der Waals surface area contributed by atoms with Crippen molar-refractivity contribution in [1.29, 1.82) is 0 Å². The number of likely N-dealkylation sites (N-methyl/N-ethyl adjacent to an activating group) is 1. The summed E-state index contributed by atoms with van der Waals surface area (Å²) in [5, 5.41) is 9.28. The summed E-state index contributed by atoms with van der Waals surface area (Å²) in [6.07, 6.45) is 17.4. The molecule has 0 radical (unpaired) electrons. The smallest absolute Gasteiger partial charge is 0.186 e. The number of nitrogens with zero attached hydrogens (tertiary/aromatic N) is 2. The van der Waals surface area contributed by atoms with Crippen LogP contribution in [0.1, 0.15) is 65.2 Å². The van der Waals surface area contributed by atoms with Crippen molar-refractivity contribution in [2.45, 2.75) is 71.4 Å². The molecule has 2 atom stereocenters. The molecular weight excluding hydrogens is 260 g/mol. The Labute approximate surface area is 131 Å². The quantitative estimate of drug-likeness (QED) is 0.330. The van der Waals surface area contributed by atoms with Crippen molar-refractivity contribution in [3.63, 3.8) is 0 Å². The Balaban J connectivity index is 2.18.